The summed E-state index contributed by atoms with van der Waals surface area (Å²) < 4.78 is 103. The van der Waals surface area contributed by atoms with Gasteiger partial charge in [-0.2, -0.15) is 36.3 Å². The summed E-state index contributed by atoms with van der Waals surface area (Å²) in [4.78, 5) is 69.6. The summed E-state index contributed by atoms with van der Waals surface area (Å²) in [6.07, 6.45) is -4.44. The first-order valence-corrected chi connectivity index (χ1v) is 26.0. The standard InChI is InChI=1S/C28H30F3N7O4.C25H26F3N7O4/c1-16-22-24(35-23(33-16)17-6-4-7-18(12-17)28(29,30)31)38(19-8-5-11-37(22)13-19)26(39)36-25-32-10-9-21(34-25)40-14-20-15-41-27(2,3)42-20;1-14-20-22(32-21(30-14)15-4-2-5-16(10-15)25(26,27)28)35(17-6-3-9-34(20)11-17)24(38)33-23-29-8-7-19(31-23)39-13-18(37)12-36/h4,6-7,9-10,12,19-20H,5,8,11,13-15H2,1-3H3,(H,32,34,36,39);2,4-5,7-8,10,17-18,36-37H,3,6,9,11-13H2,1H3,(H,29,31,33,38)/t19-,20+;17-,18-/m00/s1. The van der Waals surface area contributed by atoms with Crippen molar-refractivity contribution < 1.29 is 65.1 Å². The fourth-order valence-corrected chi connectivity index (χ4v) is 10.2. The Labute approximate surface area is 459 Å². The average Bonchev–Trinajstić information content (AvgIpc) is 3.50. The van der Waals surface area contributed by atoms with Crippen LogP contribution in [0.2, 0.25) is 0 Å². The van der Waals surface area contributed by atoms with Gasteiger partial charge in [0.15, 0.2) is 29.1 Å². The molecule has 5 aliphatic heterocycles. The van der Waals surface area contributed by atoms with Crippen LogP contribution in [-0.2, 0) is 21.8 Å². The molecule has 0 aliphatic carbocycles. The van der Waals surface area contributed by atoms with Gasteiger partial charge in [-0.3, -0.25) is 20.4 Å². The SMILES string of the molecule is Cc1nc(-c2cccc(C(F)(F)F)c2)nc2c1N1CCC[C@@H](C1)N2C(=O)Nc1nccc(OC[C@@H](O)CO)n1.Cc1nc(-c2cccc(C(F)(F)F)c2)nc2c1N1CCC[C@@H](C1)N2C(=O)Nc1nccc(OC[C@@H]2COC(C)(C)O2)n1. The number of halogens is 6. The number of piperidine rings is 2. The quantitative estimate of drug-likeness (QED) is 0.0902. The lowest BCUT2D eigenvalue weighted by molar-refractivity contribution is -0.141. The Morgan fingerprint density at radius 2 is 1.20 bits per heavy atom. The molecule has 4 atom stereocenters. The van der Waals surface area contributed by atoms with Gasteiger partial charge in [-0.15, -0.1) is 0 Å². The van der Waals surface area contributed by atoms with Crippen molar-refractivity contribution in [1.82, 2.24) is 39.9 Å². The normalized spacial score (nSPS) is 19.4. The van der Waals surface area contributed by atoms with Crippen molar-refractivity contribution in [2.24, 2.45) is 0 Å². The number of carbonyl (C=O) groups excluding carboxylic acids is 2. The average molecular weight is 1130 g/mol. The summed E-state index contributed by atoms with van der Waals surface area (Å²) >= 11 is 0. The number of urea groups is 2. The van der Waals surface area contributed by atoms with E-state index in [1.807, 2.05) is 13.8 Å². The predicted octanol–water partition coefficient (Wildman–Crippen LogP) is 7.83. The van der Waals surface area contributed by atoms with Gasteiger partial charge < -0.3 is 39.0 Å². The summed E-state index contributed by atoms with van der Waals surface area (Å²) in [7, 11) is 0. The van der Waals surface area contributed by atoms with Crippen molar-refractivity contribution in [3.8, 4) is 34.5 Å². The molecule has 4 aromatic heterocycles. The number of carbonyl (C=O) groups is 2. The van der Waals surface area contributed by atoms with E-state index in [9.17, 15) is 41.0 Å². The summed E-state index contributed by atoms with van der Waals surface area (Å²) in [5, 5.41) is 23.8. The van der Waals surface area contributed by atoms with E-state index in [0.717, 1.165) is 56.6 Å². The van der Waals surface area contributed by atoms with Gasteiger partial charge >= 0.3 is 24.4 Å². The highest BCUT2D eigenvalue weighted by Crippen LogP contribution is 2.44. The Bertz CT molecular complexity index is 3300. The third-order valence-electron chi connectivity index (χ3n) is 13.8. The molecule has 5 aliphatic rings. The van der Waals surface area contributed by atoms with Crippen LogP contribution in [0.3, 0.4) is 0 Å². The van der Waals surface area contributed by atoms with Gasteiger partial charge in [0.2, 0.25) is 23.7 Å². The lowest BCUT2D eigenvalue weighted by Crippen LogP contribution is -2.56. The second kappa shape index (κ2) is 22.8. The number of aromatic nitrogens is 8. The van der Waals surface area contributed by atoms with Gasteiger partial charge in [0.25, 0.3) is 0 Å². The fraction of sp³-hybridized carbons (Fsp3) is 0.434. The van der Waals surface area contributed by atoms with Crippen LogP contribution < -0.4 is 39.7 Å². The maximum Gasteiger partial charge on any atom is 0.416 e. The van der Waals surface area contributed by atoms with Gasteiger partial charge in [0.1, 0.15) is 36.8 Å². The largest absolute Gasteiger partial charge is 0.475 e. The van der Waals surface area contributed by atoms with E-state index >= 15 is 0 Å². The van der Waals surface area contributed by atoms with Crippen LogP contribution >= 0.6 is 0 Å². The highest BCUT2D eigenvalue weighted by atomic mass is 19.4. The number of hydrogen-bond donors (Lipinski definition) is 4. The summed E-state index contributed by atoms with van der Waals surface area (Å²) in [6, 6.07) is 11.1. The number of aryl methyl sites for hydroxylation is 2. The minimum atomic E-state index is -4.53. The number of aliphatic hydroxyl groups excluding tert-OH is 2. The maximum atomic E-state index is 13.8. The molecule has 4 amide bonds. The highest BCUT2D eigenvalue weighted by Gasteiger charge is 2.43. The first-order valence-electron chi connectivity index (χ1n) is 26.0. The molecule has 22 nitrogen and oxygen atoms in total. The molecule has 3 saturated heterocycles. The zero-order valence-corrected chi connectivity index (χ0v) is 44.2. The van der Waals surface area contributed by atoms with Gasteiger partial charge in [-0.05, 0) is 77.6 Å². The van der Waals surface area contributed by atoms with Crippen molar-refractivity contribution in [2.75, 3.05) is 82.8 Å². The van der Waals surface area contributed by atoms with Crippen LogP contribution in [0.1, 0.15) is 62.0 Å². The van der Waals surface area contributed by atoms with Gasteiger partial charge in [-0.1, -0.05) is 24.3 Å². The number of aliphatic hydroxyl groups is 2. The molecule has 0 radical (unpaired) electrons. The van der Waals surface area contributed by atoms with Gasteiger partial charge in [0, 0.05) is 61.8 Å². The van der Waals surface area contributed by atoms with Gasteiger partial charge in [0.05, 0.1) is 47.8 Å². The number of ether oxygens (including phenoxy) is 4. The number of nitrogens with zero attached hydrogens (tertiary/aromatic N) is 12. The molecule has 2 aromatic carbocycles. The maximum absolute atomic E-state index is 13.8. The van der Waals surface area contributed by atoms with E-state index in [-0.39, 0.29) is 77.8 Å². The van der Waals surface area contributed by atoms with Crippen molar-refractivity contribution in [3.05, 3.63) is 95.6 Å². The number of fused-ring (bicyclic) bond motifs is 8. The molecular weight excluding hydrogens is 1070 g/mol. The molecule has 3 fully saturated rings. The third kappa shape index (κ3) is 12.6. The van der Waals surface area contributed by atoms with Crippen molar-refractivity contribution in [1.29, 1.82) is 0 Å². The summed E-state index contributed by atoms with van der Waals surface area (Å²) in [5.41, 5.74) is 1.20. The van der Waals surface area contributed by atoms with Crippen LogP contribution in [0.5, 0.6) is 11.8 Å². The molecule has 81 heavy (non-hydrogen) atoms. The Kier molecular flexibility index (Phi) is 15.8. The van der Waals surface area contributed by atoms with Crippen molar-refractivity contribution >= 4 is 47.0 Å². The number of hydrogen-bond acceptors (Lipinski definition) is 18. The lowest BCUT2D eigenvalue weighted by Gasteiger charge is -2.46. The molecule has 428 valence electrons. The number of alkyl halides is 6. The molecule has 28 heteroatoms. The van der Waals surface area contributed by atoms with Crippen molar-refractivity contribution in [3.63, 3.8) is 0 Å². The molecule has 0 saturated carbocycles. The number of benzene rings is 2. The Morgan fingerprint density at radius 3 is 1.64 bits per heavy atom. The van der Waals surface area contributed by atoms with E-state index in [0.29, 0.717) is 60.5 Å². The first-order chi connectivity index (χ1) is 38.6. The number of anilines is 6. The number of nitrogens with one attached hydrogen (secondary N) is 2. The van der Waals surface area contributed by atoms with Crippen LogP contribution in [0.15, 0.2) is 73.1 Å². The fourth-order valence-electron chi connectivity index (χ4n) is 10.2. The van der Waals surface area contributed by atoms with E-state index in [1.165, 1.54) is 47.6 Å². The third-order valence-corrected chi connectivity index (χ3v) is 13.8. The molecule has 4 bridgehead atoms. The van der Waals surface area contributed by atoms with E-state index in [1.54, 1.807) is 24.8 Å². The zero-order valence-electron chi connectivity index (χ0n) is 44.2. The highest BCUT2D eigenvalue weighted by molar-refractivity contribution is 6.05. The monoisotopic (exact) mass is 1130 g/mol. The summed E-state index contributed by atoms with van der Waals surface area (Å²) in [5.74, 6) is 0.432. The van der Waals surface area contributed by atoms with Crippen LogP contribution in [0, 0.1) is 13.8 Å². The summed E-state index contributed by atoms with van der Waals surface area (Å²) in [6.45, 7) is 9.72. The van der Waals surface area contributed by atoms with Crippen LogP contribution in [0.4, 0.5) is 70.8 Å². The molecular formula is C53H56F6N14O8. The molecule has 9 heterocycles. The second-order valence-corrected chi connectivity index (χ2v) is 20.2. The molecule has 0 spiro atoms. The van der Waals surface area contributed by atoms with E-state index in [4.69, 9.17) is 24.1 Å². The smallest absolute Gasteiger partial charge is 0.416 e. The predicted molar refractivity (Wildman–Crippen MR) is 281 cm³/mol. The number of amides is 4. The Hall–Kier alpha value is -8.08. The van der Waals surface area contributed by atoms with Crippen LogP contribution in [0.25, 0.3) is 22.8 Å². The first kappa shape index (κ1) is 56.2. The minimum Gasteiger partial charge on any atom is -0.475 e. The lowest BCUT2D eigenvalue weighted by atomic mass is 9.99. The zero-order chi connectivity index (χ0) is 57.4. The molecule has 6 aromatic rings. The van der Waals surface area contributed by atoms with Crippen molar-refractivity contribution in [2.45, 2.75) is 95.8 Å². The molecule has 11 rings (SSSR count). The second-order valence-electron chi connectivity index (χ2n) is 20.2. The van der Waals surface area contributed by atoms with E-state index < -0.39 is 54.0 Å². The van der Waals surface area contributed by atoms with Gasteiger partial charge in [-0.25, -0.2) is 39.5 Å². The number of rotatable bonds is 11. The topological polar surface area (TPSA) is 252 Å². The Balaban J connectivity index is 0.000000182. The molecule has 0 unspecified atom stereocenters. The van der Waals surface area contributed by atoms with Crippen LogP contribution in [-0.4, -0.2) is 145 Å². The minimum absolute atomic E-state index is 0.0325. The Morgan fingerprint density at radius 1 is 0.716 bits per heavy atom. The van der Waals surface area contributed by atoms with E-state index in [2.05, 4.69) is 60.3 Å². The molecule has 4 N–H and O–H groups in total.